The van der Waals surface area contributed by atoms with E-state index in [0.717, 1.165) is 39.8 Å². The van der Waals surface area contributed by atoms with Gasteiger partial charge in [0.15, 0.2) is 5.75 Å². The summed E-state index contributed by atoms with van der Waals surface area (Å²) >= 11 is 0. The Hall–Kier alpha value is -4.26. The van der Waals surface area contributed by atoms with E-state index in [1.54, 1.807) is 32.5 Å². The number of aromatic hydroxyl groups is 1. The van der Waals surface area contributed by atoms with Crippen LogP contribution in [0.4, 0.5) is 4.39 Å². The first-order chi connectivity index (χ1) is 18.5. The summed E-state index contributed by atoms with van der Waals surface area (Å²) in [5, 5.41) is 13.5. The van der Waals surface area contributed by atoms with Crippen LogP contribution in [0.25, 0.3) is 21.7 Å². The van der Waals surface area contributed by atoms with Crippen molar-refractivity contribution in [2.24, 2.45) is 5.92 Å². The van der Waals surface area contributed by atoms with E-state index in [4.69, 9.17) is 19.2 Å². The molecule has 1 saturated carbocycles. The summed E-state index contributed by atoms with van der Waals surface area (Å²) in [5.74, 6) is 2.41. The van der Waals surface area contributed by atoms with Crippen LogP contribution >= 0.6 is 0 Å². The lowest BCUT2D eigenvalue weighted by molar-refractivity contribution is 0.311. The fourth-order valence-corrected chi connectivity index (χ4v) is 4.96. The van der Waals surface area contributed by atoms with Gasteiger partial charge in [-0.05, 0) is 72.2 Å². The molecule has 0 spiro atoms. The SMILES string of the molecule is COc1ccc(COc2c3ncc(Cc4ccc(F)cc4)cc3c(OC)c3cn(CC4CC4)c(O)c23)cc1. The molecule has 3 aromatic carbocycles. The molecule has 0 saturated heterocycles. The number of ether oxygens (including phenoxy) is 3. The van der Waals surface area contributed by atoms with Crippen LogP contribution in [0.3, 0.4) is 0 Å². The number of fused-ring (bicyclic) bond motifs is 2. The Morgan fingerprint density at radius 3 is 2.34 bits per heavy atom. The van der Waals surface area contributed by atoms with Gasteiger partial charge in [0, 0.05) is 29.7 Å². The van der Waals surface area contributed by atoms with Crippen molar-refractivity contribution in [2.45, 2.75) is 32.4 Å². The van der Waals surface area contributed by atoms with Gasteiger partial charge in [-0.15, -0.1) is 0 Å². The highest BCUT2D eigenvalue weighted by Crippen LogP contribution is 2.48. The van der Waals surface area contributed by atoms with Gasteiger partial charge in [-0.2, -0.15) is 0 Å². The second-order valence-corrected chi connectivity index (χ2v) is 9.88. The van der Waals surface area contributed by atoms with E-state index < -0.39 is 0 Å². The summed E-state index contributed by atoms with van der Waals surface area (Å²) in [5.41, 5.74) is 3.53. The number of halogens is 1. The summed E-state index contributed by atoms with van der Waals surface area (Å²) < 4.78 is 32.9. The third kappa shape index (κ3) is 4.60. The van der Waals surface area contributed by atoms with Gasteiger partial charge >= 0.3 is 0 Å². The van der Waals surface area contributed by atoms with Gasteiger partial charge in [-0.3, -0.25) is 4.98 Å². The fourth-order valence-electron chi connectivity index (χ4n) is 4.96. The molecule has 1 fully saturated rings. The molecule has 0 unspecified atom stereocenters. The zero-order valence-corrected chi connectivity index (χ0v) is 21.4. The van der Waals surface area contributed by atoms with Crippen molar-refractivity contribution in [3.05, 3.63) is 89.5 Å². The van der Waals surface area contributed by atoms with Crippen LogP contribution < -0.4 is 14.2 Å². The molecule has 1 N–H and O–H groups in total. The second-order valence-electron chi connectivity index (χ2n) is 9.88. The lowest BCUT2D eigenvalue weighted by atomic mass is 10.0. The first kappa shape index (κ1) is 24.1. The summed E-state index contributed by atoms with van der Waals surface area (Å²) in [4.78, 5) is 4.80. The Labute approximate surface area is 220 Å². The Bertz CT molecular complexity index is 1610. The summed E-state index contributed by atoms with van der Waals surface area (Å²) in [6.45, 7) is 1.05. The average molecular weight is 513 g/mol. The van der Waals surface area contributed by atoms with E-state index in [0.29, 0.717) is 41.3 Å². The van der Waals surface area contributed by atoms with Crippen LogP contribution in [0.5, 0.6) is 23.1 Å². The predicted molar refractivity (Wildman–Crippen MR) is 145 cm³/mol. The predicted octanol–water partition coefficient (Wildman–Crippen LogP) is 6.63. The van der Waals surface area contributed by atoms with Crippen LogP contribution in [0.15, 0.2) is 67.0 Å². The minimum atomic E-state index is -0.261. The molecule has 5 aromatic rings. The maximum Gasteiger partial charge on any atom is 0.203 e. The Morgan fingerprint density at radius 2 is 1.66 bits per heavy atom. The normalized spacial score (nSPS) is 13.2. The fraction of sp³-hybridized carbons (Fsp3) is 0.258. The van der Waals surface area contributed by atoms with E-state index in [-0.39, 0.29) is 11.7 Å². The van der Waals surface area contributed by atoms with E-state index in [9.17, 15) is 9.50 Å². The number of methoxy groups -OCH3 is 2. The molecule has 2 aromatic heterocycles. The molecule has 0 amide bonds. The minimum absolute atomic E-state index is 0.161. The highest BCUT2D eigenvalue weighted by Gasteiger charge is 2.27. The molecule has 0 radical (unpaired) electrons. The van der Waals surface area contributed by atoms with E-state index in [1.165, 1.54) is 25.0 Å². The molecule has 38 heavy (non-hydrogen) atoms. The maximum absolute atomic E-state index is 13.4. The Kier molecular flexibility index (Phi) is 6.27. The van der Waals surface area contributed by atoms with Crippen molar-refractivity contribution in [3.8, 4) is 23.1 Å². The highest BCUT2D eigenvalue weighted by atomic mass is 19.1. The molecule has 0 bridgehead atoms. The van der Waals surface area contributed by atoms with Crippen molar-refractivity contribution in [1.82, 2.24) is 9.55 Å². The van der Waals surface area contributed by atoms with Crippen molar-refractivity contribution in [1.29, 1.82) is 0 Å². The van der Waals surface area contributed by atoms with Gasteiger partial charge in [0.1, 0.15) is 29.4 Å². The van der Waals surface area contributed by atoms with Crippen LogP contribution in [0.2, 0.25) is 0 Å². The molecule has 1 aliphatic rings. The van der Waals surface area contributed by atoms with Crippen LogP contribution in [-0.2, 0) is 19.6 Å². The monoisotopic (exact) mass is 512 g/mol. The quantitative estimate of drug-likeness (QED) is 0.240. The zero-order valence-electron chi connectivity index (χ0n) is 21.4. The Morgan fingerprint density at radius 1 is 0.921 bits per heavy atom. The number of benzene rings is 3. The van der Waals surface area contributed by atoms with Gasteiger partial charge in [0.05, 0.1) is 19.6 Å². The van der Waals surface area contributed by atoms with Gasteiger partial charge in [0.25, 0.3) is 0 Å². The lowest BCUT2D eigenvalue weighted by Crippen LogP contribution is -2.00. The van der Waals surface area contributed by atoms with Gasteiger partial charge in [-0.1, -0.05) is 24.3 Å². The van der Waals surface area contributed by atoms with Gasteiger partial charge in [-0.25, -0.2) is 4.39 Å². The molecule has 194 valence electrons. The van der Waals surface area contributed by atoms with Crippen molar-refractivity contribution in [2.75, 3.05) is 14.2 Å². The third-order valence-corrected chi connectivity index (χ3v) is 7.15. The van der Waals surface area contributed by atoms with Crippen LogP contribution in [0.1, 0.15) is 29.5 Å². The number of hydrogen-bond donors (Lipinski definition) is 1. The van der Waals surface area contributed by atoms with Gasteiger partial charge in [0.2, 0.25) is 5.88 Å². The first-order valence-corrected chi connectivity index (χ1v) is 12.7. The standard InChI is InChI=1S/C31H29FN2O4/c1-36-24-11-7-21(8-12-24)18-38-30-27-26(17-34(31(27)35)16-20-3-4-20)29(37-2)25-14-22(15-33-28(25)30)13-19-5-9-23(32)10-6-19/h5-12,14-15,17,20,35H,3-4,13,16,18H2,1-2H3. The molecule has 6 nitrogen and oxygen atoms in total. The van der Waals surface area contributed by atoms with Gasteiger partial charge < -0.3 is 23.9 Å². The number of aromatic nitrogens is 2. The maximum atomic E-state index is 13.4. The molecule has 0 atom stereocenters. The lowest BCUT2D eigenvalue weighted by Gasteiger charge is -2.15. The number of hydrogen-bond acceptors (Lipinski definition) is 5. The number of pyridine rings is 1. The number of rotatable bonds is 9. The smallest absolute Gasteiger partial charge is 0.203 e. The third-order valence-electron chi connectivity index (χ3n) is 7.15. The summed E-state index contributed by atoms with van der Waals surface area (Å²) in [6, 6.07) is 16.2. The topological polar surface area (TPSA) is 65.7 Å². The van der Waals surface area contributed by atoms with Crippen LogP contribution in [0, 0.1) is 11.7 Å². The van der Waals surface area contributed by atoms with E-state index >= 15 is 0 Å². The first-order valence-electron chi connectivity index (χ1n) is 12.7. The molecular formula is C31H29FN2O4. The summed E-state index contributed by atoms with van der Waals surface area (Å²) in [7, 11) is 3.27. The Balaban J connectivity index is 1.47. The minimum Gasteiger partial charge on any atom is -0.497 e. The van der Waals surface area contributed by atoms with Crippen molar-refractivity contribution in [3.63, 3.8) is 0 Å². The van der Waals surface area contributed by atoms with E-state index in [1.807, 2.05) is 41.1 Å². The number of nitrogens with zero attached hydrogens (tertiary/aromatic N) is 2. The molecule has 6 rings (SSSR count). The molecule has 0 aliphatic heterocycles. The van der Waals surface area contributed by atoms with Crippen molar-refractivity contribution < 1.29 is 23.7 Å². The highest BCUT2D eigenvalue weighted by molar-refractivity contribution is 6.12. The second kappa shape index (κ2) is 9.89. The zero-order chi connectivity index (χ0) is 26.2. The van der Waals surface area contributed by atoms with E-state index in [2.05, 4.69) is 0 Å². The van der Waals surface area contributed by atoms with Crippen molar-refractivity contribution >= 4 is 21.7 Å². The molecule has 2 heterocycles. The molecular weight excluding hydrogens is 483 g/mol. The summed E-state index contributed by atoms with van der Waals surface area (Å²) in [6.07, 6.45) is 6.69. The molecule has 7 heteroatoms. The average Bonchev–Trinajstić information content (AvgIpc) is 3.70. The molecule has 1 aliphatic carbocycles. The largest absolute Gasteiger partial charge is 0.497 e. The van der Waals surface area contributed by atoms with Crippen LogP contribution in [-0.4, -0.2) is 28.9 Å².